The number of carbonyl (C=O) groups excluding carboxylic acids is 1. The lowest BCUT2D eigenvalue weighted by Crippen LogP contribution is -2.60. The lowest BCUT2D eigenvalue weighted by molar-refractivity contribution is -0.186. The number of hydrogen-bond donors (Lipinski definition) is 0. The summed E-state index contributed by atoms with van der Waals surface area (Å²) in [6, 6.07) is 9.97. The molecule has 2 fully saturated rings. The lowest BCUT2D eigenvalue weighted by atomic mass is 9.69. The molecule has 1 spiro atoms. The molecule has 0 N–H and O–H groups in total. The highest BCUT2D eigenvalue weighted by Gasteiger charge is 2.57. The molecule has 2 heterocycles. The van der Waals surface area contributed by atoms with Gasteiger partial charge in [-0.25, -0.2) is 13.6 Å². The van der Waals surface area contributed by atoms with Gasteiger partial charge in [-0.1, -0.05) is 30.3 Å². The van der Waals surface area contributed by atoms with Crippen LogP contribution in [0, 0.1) is 5.41 Å². The first kappa shape index (κ1) is 20.1. The van der Waals surface area contributed by atoms with E-state index in [2.05, 4.69) is 4.90 Å². The predicted octanol–water partition coefficient (Wildman–Crippen LogP) is 4.54. The van der Waals surface area contributed by atoms with Crippen LogP contribution in [-0.4, -0.2) is 53.6 Å². The van der Waals surface area contributed by atoms with Crippen LogP contribution in [0.3, 0.4) is 0 Å². The number of nitrogens with zero attached hydrogens (tertiary/aromatic N) is 2. The minimum absolute atomic E-state index is 0.119. The van der Waals surface area contributed by atoms with Crippen molar-refractivity contribution in [3.8, 4) is 0 Å². The number of amides is 1. The van der Waals surface area contributed by atoms with Crippen LogP contribution in [-0.2, 0) is 11.3 Å². The van der Waals surface area contributed by atoms with Crippen molar-refractivity contribution < 1.29 is 18.3 Å². The van der Waals surface area contributed by atoms with Crippen LogP contribution < -0.4 is 0 Å². The van der Waals surface area contributed by atoms with Crippen molar-refractivity contribution in [2.24, 2.45) is 5.41 Å². The van der Waals surface area contributed by atoms with E-state index in [1.165, 1.54) is 0 Å². The molecule has 0 bridgehead atoms. The van der Waals surface area contributed by atoms with Crippen molar-refractivity contribution in [2.45, 2.75) is 58.1 Å². The molecule has 0 unspecified atom stereocenters. The van der Waals surface area contributed by atoms with E-state index in [0.29, 0.717) is 45.6 Å². The van der Waals surface area contributed by atoms with Crippen LogP contribution in [0.15, 0.2) is 30.3 Å². The third kappa shape index (κ3) is 4.60. The number of halogens is 2. The maximum atomic E-state index is 14.9. The molecule has 4 nitrogen and oxygen atoms in total. The van der Waals surface area contributed by atoms with Crippen molar-refractivity contribution in [1.82, 2.24) is 9.80 Å². The normalized spacial score (nSPS) is 22.6. The van der Waals surface area contributed by atoms with Crippen molar-refractivity contribution in [3.05, 3.63) is 35.9 Å². The molecular formula is C21H30F2N2O2. The van der Waals surface area contributed by atoms with Crippen LogP contribution in [0.4, 0.5) is 13.6 Å². The summed E-state index contributed by atoms with van der Waals surface area (Å²) in [5.41, 5.74) is -0.490. The summed E-state index contributed by atoms with van der Waals surface area (Å²) in [5.74, 6) is -2.69. The van der Waals surface area contributed by atoms with E-state index in [-0.39, 0.29) is 6.42 Å². The zero-order valence-electron chi connectivity index (χ0n) is 16.5. The monoisotopic (exact) mass is 380 g/mol. The van der Waals surface area contributed by atoms with Crippen molar-refractivity contribution >= 4 is 6.09 Å². The summed E-state index contributed by atoms with van der Waals surface area (Å²) in [6.45, 7) is 7.55. The summed E-state index contributed by atoms with van der Waals surface area (Å²) in [7, 11) is 0. The van der Waals surface area contributed by atoms with E-state index in [1.807, 2.05) is 51.1 Å². The Morgan fingerprint density at radius 1 is 1.07 bits per heavy atom. The zero-order chi connectivity index (χ0) is 19.7. The van der Waals surface area contributed by atoms with Gasteiger partial charge in [0.1, 0.15) is 5.60 Å². The van der Waals surface area contributed by atoms with E-state index < -0.39 is 23.0 Å². The van der Waals surface area contributed by atoms with Gasteiger partial charge in [-0.15, -0.1) is 0 Å². The molecule has 1 aromatic carbocycles. The van der Waals surface area contributed by atoms with Crippen LogP contribution >= 0.6 is 0 Å². The number of rotatable bonds is 2. The Morgan fingerprint density at radius 3 is 2.30 bits per heavy atom. The number of hydrogen-bond acceptors (Lipinski definition) is 3. The number of ether oxygens (including phenoxy) is 1. The van der Waals surface area contributed by atoms with Crippen LogP contribution in [0.5, 0.6) is 0 Å². The van der Waals surface area contributed by atoms with Gasteiger partial charge in [0.05, 0.1) is 5.41 Å². The van der Waals surface area contributed by atoms with Gasteiger partial charge >= 0.3 is 6.09 Å². The molecule has 2 saturated heterocycles. The molecule has 2 aliphatic rings. The second kappa shape index (κ2) is 7.38. The van der Waals surface area contributed by atoms with E-state index in [0.717, 1.165) is 5.56 Å². The molecule has 1 amide bonds. The number of carbonyl (C=O) groups is 1. The standard InChI is InChI=1S/C21H30F2N2O2/c1-19(2,3)27-18(26)25-13-9-20(10-14-25)16-24(12-11-21(20,22)23)15-17-7-5-4-6-8-17/h4-8H,9-16H2,1-3H3. The molecule has 150 valence electrons. The largest absolute Gasteiger partial charge is 0.444 e. The molecule has 3 rings (SSSR count). The average Bonchev–Trinajstić information content (AvgIpc) is 2.59. The summed E-state index contributed by atoms with van der Waals surface area (Å²) < 4.78 is 35.2. The predicted molar refractivity (Wildman–Crippen MR) is 101 cm³/mol. The van der Waals surface area contributed by atoms with Gasteiger partial charge in [0, 0.05) is 39.1 Å². The van der Waals surface area contributed by atoms with Crippen LogP contribution in [0.25, 0.3) is 0 Å². The topological polar surface area (TPSA) is 32.8 Å². The summed E-state index contributed by atoms with van der Waals surface area (Å²) in [6.07, 6.45) is 0.0963. The van der Waals surface area contributed by atoms with E-state index in [9.17, 15) is 13.6 Å². The molecule has 27 heavy (non-hydrogen) atoms. The molecule has 0 radical (unpaired) electrons. The lowest BCUT2D eigenvalue weighted by Gasteiger charge is -2.51. The van der Waals surface area contributed by atoms with Crippen molar-refractivity contribution in [2.75, 3.05) is 26.2 Å². The Hall–Kier alpha value is -1.69. The second-order valence-electron chi connectivity index (χ2n) is 8.90. The first-order valence-electron chi connectivity index (χ1n) is 9.72. The Labute approximate surface area is 160 Å². The first-order chi connectivity index (χ1) is 12.6. The molecule has 0 saturated carbocycles. The first-order valence-corrected chi connectivity index (χ1v) is 9.72. The smallest absolute Gasteiger partial charge is 0.410 e. The Balaban J connectivity index is 1.65. The third-order valence-corrected chi connectivity index (χ3v) is 5.67. The highest BCUT2D eigenvalue weighted by atomic mass is 19.3. The van der Waals surface area contributed by atoms with Crippen LogP contribution in [0.2, 0.25) is 0 Å². The summed E-state index contributed by atoms with van der Waals surface area (Å²) in [4.78, 5) is 16.0. The van der Waals surface area contributed by atoms with Gasteiger partial charge in [-0.05, 0) is 39.2 Å². The molecule has 0 aromatic heterocycles. The fourth-order valence-corrected chi connectivity index (χ4v) is 4.13. The molecule has 6 heteroatoms. The van der Waals surface area contributed by atoms with E-state index in [1.54, 1.807) is 4.90 Å². The summed E-state index contributed by atoms with van der Waals surface area (Å²) >= 11 is 0. The SMILES string of the molecule is CC(C)(C)OC(=O)N1CCC2(CC1)CN(Cc1ccccc1)CCC2(F)F. The van der Waals surface area contributed by atoms with Gasteiger partial charge in [0.15, 0.2) is 0 Å². The quantitative estimate of drug-likeness (QED) is 0.755. The molecule has 0 atom stereocenters. The summed E-state index contributed by atoms with van der Waals surface area (Å²) in [5, 5.41) is 0. The van der Waals surface area contributed by atoms with Gasteiger partial charge in [-0.2, -0.15) is 0 Å². The highest BCUT2D eigenvalue weighted by molar-refractivity contribution is 5.68. The van der Waals surface area contributed by atoms with Gasteiger partial charge in [-0.3, -0.25) is 4.90 Å². The highest BCUT2D eigenvalue weighted by Crippen LogP contribution is 2.50. The molecule has 0 aliphatic carbocycles. The van der Waals surface area contributed by atoms with Gasteiger partial charge < -0.3 is 9.64 Å². The van der Waals surface area contributed by atoms with E-state index >= 15 is 0 Å². The minimum atomic E-state index is -2.69. The Bertz CT molecular complexity index is 650. The number of alkyl halides is 2. The maximum Gasteiger partial charge on any atom is 0.410 e. The molecule has 2 aliphatic heterocycles. The maximum absolute atomic E-state index is 14.9. The Morgan fingerprint density at radius 2 is 1.70 bits per heavy atom. The zero-order valence-corrected chi connectivity index (χ0v) is 16.5. The van der Waals surface area contributed by atoms with E-state index in [4.69, 9.17) is 4.74 Å². The molecule has 1 aromatic rings. The fourth-order valence-electron chi connectivity index (χ4n) is 4.13. The second-order valence-corrected chi connectivity index (χ2v) is 8.90. The number of piperidine rings is 2. The molecular weight excluding hydrogens is 350 g/mol. The number of benzene rings is 1. The number of likely N-dealkylation sites (tertiary alicyclic amines) is 2. The average molecular weight is 380 g/mol. The minimum Gasteiger partial charge on any atom is -0.444 e. The Kier molecular flexibility index (Phi) is 5.48. The van der Waals surface area contributed by atoms with Crippen molar-refractivity contribution in [3.63, 3.8) is 0 Å². The van der Waals surface area contributed by atoms with Gasteiger partial charge in [0.2, 0.25) is 0 Å². The van der Waals surface area contributed by atoms with Gasteiger partial charge in [0.25, 0.3) is 5.92 Å². The van der Waals surface area contributed by atoms with Crippen molar-refractivity contribution in [1.29, 1.82) is 0 Å². The third-order valence-electron chi connectivity index (χ3n) is 5.67. The van der Waals surface area contributed by atoms with Crippen LogP contribution in [0.1, 0.15) is 45.6 Å². The fraction of sp³-hybridized carbons (Fsp3) is 0.667.